The van der Waals surface area contributed by atoms with Gasteiger partial charge < -0.3 is 9.69 Å². The highest BCUT2D eigenvalue weighted by molar-refractivity contribution is 7.80. The molecule has 0 aromatic carbocycles. The second kappa shape index (κ2) is 12.6. The Bertz CT molecular complexity index is 180. The molecule has 1 aliphatic heterocycles. The number of amides is 1. The topological polar surface area (TPSA) is 37.4 Å². The van der Waals surface area contributed by atoms with Crippen LogP contribution in [0.5, 0.6) is 0 Å². The van der Waals surface area contributed by atoms with Gasteiger partial charge in [-0.25, -0.2) is 0 Å². The van der Waals surface area contributed by atoms with Crippen LogP contribution in [-0.4, -0.2) is 35.9 Å². The molecule has 0 aromatic rings. The van der Waals surface area contributed by atoms with Crippen LogP contribution in [0.4, 0.5) is 0 Å². The van der Waals surface area contributed by atoms with Gasteiger partial charge in [-0.3, -0.25) is 4.79 Å². The van der Waals surface area contributed by atoms with E-state index in [1.807, 2.05) is 25.7 Å². The third-order valence-electron chi connectivity index (χ3n) is 2.11. The van der Waals surface area contributed by atoms with Crippen molar-refractivity contribution in [3.8, 4) is 0 Å². The van der Waals surface area contributed by atoms with E-state index in [0.29, 0.717) is 5.75 Å². The Labute approximate surface area is 105 Å². The smallest absolute Gasteiger partial charge is 0.226 e. The van der Waals surface area contributed by atoms with Gasteiger partial charge in [0, 0.05) is 24.8 Å². The lowest BCUT2D eigenvalue weighted by Gasteiger charge is -2.18. The molecule has 0 N–H and O–H groups in total. The van der Waals surface area contributed by atoms with Crippen molar-refractivity contribution >= 4 is 24.8 Å². The number of rotatable bonds is 2. The summed E-state index contributed by atoms with van der Waals surface area (Å²) in [7, 11) is 0. The fourth-order valence-corrected chi connectivity index (χ4v) is 1.48. The third kappa shape index (κ3) is 7.74. The van der Waals surface area contributed by atoms with E-state index >= 15 is 0 Å². The second-order valence-electron chi connectivity index (χ2n) is 3.35. The van der Waals surface area contributed by atoms with Crippen LogP contribution in [0.3, 0.4) is 0 Å². The molecule has 96 valence electrons. The molecule has 4 heteroatoms. The van der Waals surface area contributed by atoms with E-state index in [2.05, 4.69) is 12.6 Å². The van der Waals surface area contributed by atoms with Gasteiger partial charge in [-0.15, -0.1) is 0 Å². The molecule has 0 bridgehead atoms. The van der Waals surface area contributed by atoms with E-state index in [1.54, 1.807) is 0 Å². The van der Waals surface area contributed by atoms with Gasteiger partial charge in [-0.1, -0.05) is 20.8 Å². The van der Waals surface area contributed by atoms with Crippen LogP contribution in [0.2, 0.25) is 0 Å². The largest absolute Gasteiger partial charge is 0.342 e. The van der Waals surface area contributed by atoms with Crippen LogP contribution in [0.25, 0.3) is 0 Å². The predicted octanol–water partition coefficient (Wildman–Crippen LogP) is 2.41. The van der Waals surface area contributed by atoms with Crippen LogP contribution < -0.4 is 0 Å². The first-order valence-corrected chi connectivity index (χ1v) is 6.60. The minimum absolute atomic E-state index is 0.0939. The molecule has 0 saturated carbocycles. The molecule has 16 heavy (non-hydrogen) atoms. The van der Waals surface area contributed by atoms with Crippen molar-refractivity contribution in [2.75, 3.05) is 18.8 Å². The number of hydrogen-bond donors (Lipinski definition) is 1. The molecule has 1 unspecified atom stereocenters. The van der Waals surface area contributed by atoms with Crippen molar-refractivity contribution in [3.63, 3.8) is 0 Å². The Morgan fingerprint density at radius 3 is 2.06 bits per heavy atom. The van der Waals surface area contributed by atoms with E-state index in [1.165, 1.54) is 19.8 Å². The molecule has 1 atom stereocenters. The van der Waals surface area contributed by atoms with Crippen LogP contribution >= 0.6 is 12.6 Å². The first-order chi connectivity index (χ1) is 7.67. The Morgan fingerprint density at radius 2 is 1.75 bits per heavy atom. The van der Waals surface area contributed by atoms with Crippen LogP contribution in [-0.2, 0) is 9.59 Å². The molecule has 1 aliphatic rings. The van der Waals surface area contributed by atoms with E-state index in [0.717, 1.165) is 19.4 Å². The highest BCUT2D eigenvalue weighted by Crippen LogP contribution is 2.12. The normalized spacial score (nSPS) is 15.2. The SMILES string of the molecule is CC.CC(CS)C(=O)N1CCCC1.CC=O. The molecule has 1 rings (SSSR count). The second-order valence-corrected chi connectivity index (χ2v) is 3.72. The molecule has 3 nitrogen and oxygen atoms in total. The zero-order chi connectivity index (χ0) is 13.0. The maximum Gasteiger partial charge on any atom is 0.226 e. The lowest BCUT2D eigenvalue weighted by atomic mass is 10.2. The number of carbonyl (C=O) groups is 2. The number of hydrogen-bond acceptors (Lipinski definition) is 3. The summed E-state index contributed by atoms with van der Waals surface area (Å²) < 4.78 is 0. The fraction of sp³-hybridized carbons (Fsp3) is 0.833. The quantitative estimate of drug-likeness (QED) is 0.601. The van der Waals surface area contributed by atoms with Crippen molar-refractivity contribution in [2.24, 2.45) is 5.92 Å². The van der Waals surface area contributed by atoms with Gasteiger partial charge in [-0.2, -0.15) is 12.6 Å². The van der Waals surface area contributed by atoms with E-state index in [4.69, 9.17) is 4.79 Å². The van der Waals surface area contributed by atoms with Crippen LogP contribution in [0, 0.1) is 5.92 Å². The minimum Gasteiger partial charge on any atom is -0.342 e. The third-order valence-corrected chi connectivity index (χ3v) is 2.66. The highest BCUT2D eigenvalue weighted by Gasteiger charge is 2.21. The van der Waals surface area contributed by atoms with Crippen molar-refractivity contribution in [3.05, 3.63) is 0 Å². The van der Waals surface area contributed by atoms with Gasteiger partial charge in [-0.05, 0) is 19.8 Å². The highest BCUT2D eigenvalue weighted by atomic mass is 32.1. The first kappa shape index (κ1) is 17.9. The lowest BCUT2D eigenvalue weighted by Crippen LogP contribution is -2.33. The number of thiol groups is 1. The van der Waals surface area contributed by atoms with Gasteiger partial charge in [0.1, 0.15) is 6.29 Å². The maximum absolute atomic E-state index is 11.5. The Balaban J connectivity index is 0. The summed E-state index contributed by atoms with van der Waals surface area (Å²) in [6, 6.07) is 0. The molecule has 0 aliphatic carbocycles. The van der Waals surface area contributed by atoms with E-state index in [-0.39, 0.29) is 11.8 Å². The van der Waals surface area contributed by atoms with Gasteiger partial charge in [0.15, 0.2) is 0 Å². The van der Waals surface area contributed by atoms with E-state index in [9.17, 15) is 4.79 Å². The fourth-order valence-electron chi connectivity index (χ4n) is 1.33. The molecule has 0 aromatic heterocycles. The van der Waals surface area contributed by atoms with Gasteiger partial charge in [0.25, 0.3) is 0 Å². The molecule has 0 spiro atoms. The molecule has 0 radical (unpaired) electrons. The summed E-state index contributed by atoms with van der Waals surface area (Å²) in [4.78, 5) is 22.2. The molecule has 1 saturated heterocycles. The Hall–Kier alpha value is -0.510. The summed E-state index contributed by atoms with van der Waals surface area (Å²) in [6.07, 6.45) is 3.09. The number of nitrogens with zero attached hydrogens (tertiary/aromatic N) is 1. The molecular formula is C12H25NO2S. The molecule has 1 fully saturated rings. The molecular weight excluding hydrogens is 222 g/mol. The average molecular weight is 247 g/mol. The maximum atomic E-state index is 11.5. The Morgan fingerprint density at radius 1 is 1.38 bits per heavy atom. The summed E-state index contributed by atoms with van der Waals surface area (Å²) in [6.45, 7) is 9.29. The Kier molecular flexibility index (Phi) is 14.0. The van der Waals surface area contributed by atoms with Gasteiger partial charge in [0.05, 0.1) is 0 Å². The lowest BCUT2D eigenvalue weighted by molar-refractivity contribution is -0.133. The monoisotopic (exact) mass is 247 g/mol. The van der Waals surface area contributed by atoms with Crippen LogP contribution in [0.1, 0.15) is 40.5 Å². The van der Waals surface area contributed by atoms with Crippen LogP contribution in [0.15, 0.2) is 0 Å². The zero-order valence-electron chi connectivity index (χ0n) is 10.9. The molecule has 1 amide bonds. The minimum atomic E-state index is 0.0939. The summed E-state index contributed by atoms with van der Waals surface area (Å²) in [5, 5.41) is 0. The van der Waals surface area contributed by atoms with Crippen molar-refractivity contribution < 1.29 is 9.59 Å². The first-order valence-electron chi connectivity index (χ1n) is 5.96. The number of likely N-dealkylation sites (tertiary alicyclic amines) is 1. The summed E-state index contributed by atoms with van der Waals surface area (Å²) in [5.41, 5.74) is 0. The number of aldehydes is 1. The number of carbonyl (C=O) groups excluding carboxylic acids is 2. The van der Waals surface area contributed by atoms with Crippen molar-refractivity contribution in [2.45, 2.75) is 40.5 Å². The van der Waals surface area contributed by atoms with E-state index < -0.39 is 0 Å². The van der Waals surface area contributed by atoms with Gasteiger partial charge >= 0.3 is 0 Å². The zero-order valence-corrected chi connectivity index (χ0v) is 11.8. The molecule has 1 heterocycles. The summed E-state index contributed by atoms with van der Waals surface area (Å²) >= 11 is 4.10. The summed E-state index contributed by atoms with van der Waals surface area (Å²) in [5.74, 6) is 1.03. The average Bonchev–Trinajstić information content (AvgIpc) is 2.84. The van der Waals surface area contributed by atoms with Gasteiger partial charge in [0.2, 0.25) is 5.91 Å². The van der Waals surface area contributed by atoms with Crippen molar-refractivity contribution in [1.82, 2.24) is 4.90 Å². The standard InChI is InChI=1S/C8H15NOS.C2H4O.C2H6/c1-7(6-11)8(10)9-4-2-3-5-9;1-2-3;1-2/h7,11H,2-6H2,1H3;2H,1H3;1-2H3. The van der Waals surface area contributed by atoms with Crippen molar-refractivity contribution in [1.29, 1.82) is 0 Å². The predicted molar refractivity (Wildman–Crippen MR) is 71.9 cm³/mol.